The van der Waals surface area contributed by atoms with Gasteiger partial charge in [-0.2, -0.15) is 0 Å². The van der Waals surface area contributed by atoms with Crippen LogP contribution in [0, 0.1) is 5.92 Å². The average Bonchev–Trinajstić information content (AvgIpc) is 2.87. The highest BCUT2D eigenvalue weighted by molar-refractivity contribution is 5.66. The van der Waals surface area contributed by atoms with Crippen LogP contribution < -0.4 is 0 Å². The van der Waals surface area contributed by atoms with Crippen LogP contribution in [0.25, 0.3) is 0 Å². The van der Waals surface area contributed by atoms with Gasteiger partial charge in [0.05, 0.1) is 0 Å². The molecule has 2 nitrogen and oxygen atoms in total. The summed E-state index contributed by atoms with van der Waals surface area (Å²) in [5.41, 5.74) is 0. The zero-order valence-corrected chi connectivity index (χ0v) is 25.1. The van der Waals surface area contributed by atoms with Crippen molar-refractivity contribution in [2.24, 2.45) is 5.92 Å². The first-order valence-corrected chi connectivity index (χ1v) is 16.9. The van der Waals surface area contributed by atoms with E-state index in [2.05, 4.69) is 13.8 Å². The van der Waals surface area contributed by atoms with Crippen LogP contribution in [0.15, 0.2) is 0 Å². The van der Waals surface area contributed by atoms with E-state index in [0.29, 0.717) is 6.42 Å². The number of hydrogen-bond acceptors (Lipinski definition) is 1. The van der Waals surface area contributed by atoms with Crippen molar-refractivity contribution >= 4 is 5.97 Å². The number of aliphatic carboxylic acids is 1. The second kappa shape index (κ2) is 30.7. The zero-order chi connectivity index (χ0) is 26.4. The van der Waals surface area contributed by atoms with Crippen molar-refractivity contribution in [3.05, 3.63) is 0 Å². The molecule has 0 aliphatic heterocycles. The van der Waals surface area contributed by atoms with Crippen molar-refractivity contribution in [3.8, 4) is 0 Å². The lowest BCUT2D eigenvalue weighted by Crippen LogP contribution is -1.93. The molecule has 216 valence electrons. The number of rotatable bonds is 31. The maximum Gasteiger partial charge on any atom is 0.303 e. The maximum absolute atomic E-state index is 10.5. The van der Waals surface area contributed by atoms with Gasteiger partial charge in [0.1, 0.15) is 0 Å². The van der Waals surface area contributed by atoms with Gasteiger partial charge >= 0.3 is 5.97 Å². The standard InChI is InChI=1S/C34H68O2/c1-3-33(2)31-29-27-25-23-21-19-17-15-13-11-9-7-5-4-6-8-10-12-14-16-18-20-22-24-26-28-30-32-34(35)36/h33H,3-32H2,1-2H3,(H,35,36)/t33-/m0/s1. The summed E-state index contributed by atoms with van der Waals surface area (Å²) >= 11 is 0. The second-order valence-electron chi connectivity index (χ2n) is 12.0. The van der Waals surface area contributed by atoms with E-state index in [1.807, 2.05) is 0 Å². The topological polar surface area (TPSA) is 37.3 Å². The van der Waals surface area contributed by atoms with E-state index in [0.717, 1.165) is 18.8 Å². The summed E-state index contributed by atoms with van der Waals surface area (Å²) in [6.07, 6.45) is 40.9. The normalized spacial score (nSPS) is 12.3. The lowest BCUT2D eigenvalue weighted by molar-refractivity contribution is -0.137. The van der Waals surface area contributed by atoms with E-state index in [4.69, 9.17) is 5.11 Å². The first kappa shape index (κ1) is 35.5. The van der Waals surface area contributed by atoms with E-state index in [1.165, 1.54) is 173 Å². The molecular formula is C34H68O2. The molecule has 36 heavy (non-hydrogen) atoms. The minimum absolute atomic E-state index is 0.346. The van der Waals surface area contributed by atoms with Crippen LogP contribution in [-0.2, 0) is 4.79 Å². The van der Waals surface area contributed by atoms with E-state index >= 15 is 0 Å². The summed E-state index contributed by atoms with van der Waals surface area (Å²) in [6.45, 7) is 4.71. The molecule has 0 bridgehead atoms. The lowest BCUT2D eigenvalue weighted by atomic mass is 9.99. The van der Waals surface area contributed by atoms with Gasteiger partial charge in [0.15, 0.2) is 0 Å². The molecule has 0 aromatic heterocycles. The minimum atomic E-state index is -0.648. The van der Waals surface area contributed by atoms with Gasteiger partial charge in [-0.05, 0) is 12.3 Å². The molecule has 0 saturated heterocycles. The van der Waals surface area contributed by atoms with Crippen molar-refractivity contribution in [1.82, 2.24) is 0 Å². The van der Waals surface area contributed by atoms with Crippen LogP contribution in [0.1, 0.15) is 206 Å². The molecule has 0 amide bonds. The summed E-state index contributed by atoms with van der Waals surface area (Å²) in [6, 6.07) is 0. The van der Waals surface area contributed by atoms with E-state index in [9.17, 15) is 4.79 Å². The molecule has 0 fully saturated rings. The van der Waals surface area contributed by atoms with Gasteiger partial charge in [-0.1, -0.05) is 194 Å². The summed E-state index contributed by atoms with van der Waals surface area (Å²) in [5.74, 6) is 0.290. The number of carboxylic acid groups (broad SMARTS) is 1. The van der Waals surface area contributed by atoms with Crippen LogP contribution in [-0.4, -0.2) is 11.1 Å². The van der Waals surface area contributed by atoms with E-state index in [1.54, 1.807) is 0 Å². The van der Waals surface area contributed by atoms with Gasteiger partial charge in [0.25, 0.3) is 0 Å². The highest BCUT2D eigenvalue weighted by atomic mass is 16.4. The number of carboxylic acids is 1. The average molecular weight is 509 g/mol. The van der Waals surface area contributed by atoms with Crippen LogP contribution in [0.4, 0.5) is 0 Å². The van der Waals surface area contributed by atoms with Gasteiger partial charge in [-0.3, -0.25) is 4.79 Å². The molecule has 0 aliphatic carbocycles. The summed E-state index contributed by atoms with van der Waals surface area (Å²) in [7, 11) is 0. The minimum Gasteiger partial charge on any atom is -0.481 e. The molecule has 0 radical (unpaired) electrons. The monoisotopic (exact) mass is 509 g/mol. The molecule has 0 unspecified atom stereocenters. The molecule has 0 aliphatic rings. The third kappa shape index (κ3) is 31.5. The molecule has 2 heteroatoms. The molecular weight excluding hydrogens is 440 g/mol. The second-order valence-corrected chi connectivity index (χ2v) is 12.0. The molecule has 1 atom stereocenters. The van der Waals surface area contributed by atoms with Crippen molar-refractivity contribution in [1.29, 1.82) is 0 Å². The molecule has 0 aromatic carbocycles. The van der Waals surface area contributed by atoms with Crippen molar-refractivity contribution in [2.75, 3.05) is 0 Å². The zero-order valence-electron chi connectivity index (χ0n) is 25.1. The first-order valence-electron chi connectivity index (χ1n) is 16.9. The Morgan fingerprint density at radius 3 is 0.889 bits per heavy atom. The summed E-state index contributed by atoms with van der Waals surface area (Å²) in [5, 5.41) is 8.62. The Morgan fingerprint density at radius 1 is 0.444 bits per heavy atom. The van der Waals surface area contributed by atoms with Gasteiger partial charge < -0.3 is 5.11 Å². The van der Waals surface area contributed by atoms with Crippen LogP contribution >= 0.6 is 0 Å². The Kier molecular flexibility index (Phi) is 30.2. The first-order chi connectivity index (χ1) is 17.7. The fourth-order valence-electron chi connectivity index (χ4n) is 5.39. The molecule has 0 rings (SSSR count). The SMILES string of the molecule is CC[C@H](C)CCCCCCCCCCCCCCCCCCCCCCCCCCCCCC(=O)O. The Hall–Kier alpha value is -0.530. The Bertz CT molecular complexity index is 419. The molecule has 1 N–H and O–H groups in total. The molecule has 0 saturated carbocycles. The highest BCUT2D eigenvalue weighted by Crippen LogP contribution is 2.17. The third-order valence-electron chi connectivity index (χ3n) is 8.28. The number of hydrogen-bond donors (Lipinski definition) is 1. The Morgan fingerprint density at radius 2 is 0.667 bits per heavy atom. The predicted octanol–water partition coefficient (Wildman–Crippen LogP) is 12.4. The highest BCUT2D eigenvalue weighted by Gasteiger charge is 1.99. The van der Waals surface area contributed by atoms with Gasteiger partial charge in [0, 0.05) is 6.42 Å². The number of unbranched alkanes of at least 4 members (excludes halogenated alkanes) is 26. The van der Waals surface area contributed by atoms with Crippen molar-refractivity contribution < 1.29 is 9.90 Å². The molecule has 0 spiro atoms. The quantitative estimate of drug-likeness (QED) is 0.0945. The predicted molar refractivity (Wildman–Crippen MR) is 161 cm³/mol. The van der Waals surface area contributed by atoms with Crippen molar-refractivity contribution in [2.45, 2.75) is 206 Å². The largest absolute Gasteiger partial charge is 0.481 e. The molecule has 0 heterocycles. The van der Waals surface area contributed by atoms with Crippen LogP contribution in [0.3, 0.4) is 0 Å². The summed E-state index contributed by atoms with van der Waals surface area (Å²) < 4.78 is 0. The Labute approximate surface area is 228 Å². The van der Waals surface area contributed by atoms with Gasteiger partial charge in [-0.25, -0.2) is 0 Å². The number of carbonyl (C=O) groups is 1. The smallest absolute Gasteiger partial charge is 0.303 e. The van der Waals surface area contributed by atoms with E-state index in [-0.39, 0.29) is 0 Å². The van der Waals surface area contributed by atoms with Crippen LogP contribution in [0.2, 0.25) is 0 Å². The summed E-state index contributed by atoms with van der Waals surface area (Å²) in [4.78, 5) is 10.5. The maximum atomic E-state index is 10.5. The van der Waals surface area contributed by atoms with Gasteiger partial charge in [0.2, 0.25) is 0 Å². The lowest BCUT2D eigenvalue weighted by Gasteiger charge is -2.07. The van der Waals surface area contributed by atoms with E-state index < -0.39 is 5.97 Å². The fourth-order valence-corrected chi connectivity index (χ4v) is 5.39. The van der Waals surface area contributed by atoms with Crippen molar-refractivity contribution in [3.63, 3.8) is 0 Å². The third-order valence-corrected chi connectivity index (χ3v) is 8.28. The Balaban J connectivity index is 3.04. The fraction of sp³-hybridized carbons (Fsp3) is 0.971. The molecule has 0 aromatic rings. The van der Waals surface area contributed by atoms with Gasteiger partial charge in [-0.15, -0.1) is 0 Å². The van der Waals surface area contributed by atoms with Crippen LogP contribution in [0.5, 0.6) is 0 Å².